The van der Waals surface area contributed by atoms with E-state index in [-0.39, 0.29) is 12.2 Å². The topological polar surface area (TPSA) is 84.5 Å². The number of aromatic nitrogens is 3. The second kappa shape index (κ2) is 6.15. The van der Waals surface area contributed by atoms with Crippen LogP contribution < -0.4 is 15.9 Å². The van der Waals surface area contributed by atoms with E-state index in [2.05, 4.69) is 15.4 Å². The fourth-order valence-electron chi connectivity index (χ4n) is 3.50. The summed E-state index contributed by atoms with van der Waals surface area (Å²) in [5.74, 6) is 0.125. The van der Waals surface area contributed by atoms with Crippen LogP contribution in [-0.2, 0) is 11.3 Å². The number of hydrogen-bond donors (Lipinski definition) is 1. The van der Waals surface area contributed by atoms with Crippen LogP contribution in [0.4, 0.5) is 16.0 Å². The molecule has 0 saturated heterocycles. The van der Waals surface area contributed by atoms with Crippen LogP contribution in [-0.4, -0.2) is 39.2 Å². The highest BCUT2D eigenvalue weighted by Crippen LogP contribution is 2.29. The second-order valence-electron chi connectivity index (χ2n) is 6.48. The first kappa shape index (κ1) is 16.4. The molecule has 5 rings (SSSR count). The number of amides is 1. The van der Waals surface area contributed by atoms with Gasteiger partial charge in [0, 0.05) is 12.1 Å². The standard InChI is InChI=1S/C19H15FN6O2/c20-13-6-2-3-7-14(13)22-16(27)11-25-19(28)26-15-8-4-1-5-12(15)17-21-9-10-24(17)18(26)23-25/h1-8H,9-11H2,(H,22,27). The summed E-state index contributed by atoms with van der Waals surface area (Å²) < 4.78 is 16.3. The first-order valence-electron chi connectivity index (χ1n) is 8.79. The molecule has 2 aromatic carbocycles. The van der Waals surface area contributed by atoms with Gasteiger partial charge in [0.2, 0.25) is 11.9 Å². The average molecular weight is 378 g/mol. The molecule has 0 fully saturated rings. The molecule has 2 aliphatic heterocycles. The molecular formula is C19H15FN6O2. The highest BCUT2D eigenvalue weighted by atomic mass is 19.1. The van der Waals surface area contributed by atoms with Gasteiger partial charge in [0.1, 0.15) is 18.2 Å². The van der Waals surface area contributed by atoms with Gasteiger partial charge in [-0.3, -0.25) is 14.7 Å². The lowest BCUT2D eigenvalue weighted by molar-refractivity contribution is -0.117. The van der Waals surface area contributed by atoms with Crippen molar-refractivity contribution in [3.05, 3.63) is 70.4 Å². The molecule has 0 aliphatic carbocycles. The third-order valence-corrected chi connectivity index (χ3v) is 4.73. The first-order chi connectivity index (χ1) is 13.6. The lowest BCUT2D eigenvalue weighted by Gasteiger charge is -2.26. The Morgan fingerprint density at radius 1 is 1.14 bits per heavy atom. The molecular weight excluding hydrogens is 363 g/mol. The minimum atomic E-state index is -0.542. The van der Waals surface area contributed by atoms with Gasteiger partial charge in [0.05, 0.1) is 17.9 Å². The van der Waals surface area contributed by atoms with Crippen molar-refractivity contribution in [2.75, 3.05) is 23.3 Å². The molecule has 3 aromatic rings. The smallest absolute Gasteiger partial charge is 0.322 e. The van der Waals surface area contributed by atoms with Gasteiger partial charge in [0.15, 0.2) is 0 Å². The monoisotopic (exact) mass is 378 g/mol. The van der Waals surface area contributed by atoms with Crippen molar-refractivity contribution in [3.63, 3.8) is 0 Å². The summed E-state index contributed by atoms with van der Waals surface area (Å²) in [6.07, 6.45) is 0. The fourth-order valence-corrected chi connectivity index (χ4v) is 3.50. The van der Waals surface area contributed by atoms with Crippen molar-refractivity contribution in [1.29, 1.82) is 0 Å². The van der Waals surface area contributed by atoms with Gasteiger partial charge in [-0.05, 0) is 24.3 Å². The summed E-state index contributed by atoms with van der Waals surface area (Å²) in [6, 6.07) is 13.3. The number of aliphatic imine (C=N–C) groups is 1. The van der Waals surface area contributed by atoms with Crippen LogP contribution >= 0.6 is 0 Å². The number of halogens is 1. The van der Waals surface area contributed by atoms with Crippen LogP contribution in [0.15, 0.2) is 58.3 Å². The second-order valence-corrected chi connectivity index (χ2v) is 6.48. The number of rotatable bonds is 3. The summed E-state index contributed by atoms with van der Waals surface area (Å²) in [5, 5.41) is 6.83. The Bertz CT molecular complexity index is 1200. The molecule has 1 aromatic heterocycles. The molecule has 0 bridgehead atoms. The molecule has 0 saturated carbocycles. The highest BCUT2D eigenvalue weighted by Gasteiger charge is 2.34. The molecule has 9 heteroatoms. The summed E-state index contributed by atoms with van der Waals surface area (Å²) in [4.78, 5) is 31.7. The molecule has 1 N–H and O–H groups in total. The number of hydrogen-bond acceptors (Lipinski definition) is 5. The van der Waals surface area contributed by atoms with Crippen molar-refractivity contribution in [2.24, 2.45) is 4.99 Å². The Morgan fingerprint density at radius 2 is 1.93 bits per heavy atom. The summed E-state index contributed by atoms with van der Waals surface area (Å²) in [7, 11) is 0. The molecule has 8 nitrogen and oxygen atoms in total. The quantitative estimate of drug-likeness (QED) is 0.747. The molecule has 3 heterocycles. The van der Waals surface area contributed by atoms with E-state index in [1.165, 1.54) is 22.8 Å². The number of amidine groups is 1. The number of para-hydroxylation sites is 2. The molecule has 1 amide bonds. The van der Waals surface area contributed by atoms with Gasteiger partial charge < -0.3 is 5.32 Å². The molecule has 140 valence electrons. The highest BCUT2D eigenvalue weighted by molar-refractivity contribution is 6.14. The Labute approximate surface area is 158 Å². The zero-order chi connectivity index (χ0) is 19.3. The maximum atomic E-state index is 13.7. The molecule has 0 spiro atoms. The van der Waals surface area contributed by atoms with E-state index in [4.69, 9.17) is 0 Å². The average Bonchev–Trinajstić information content (AvgIpc) is 3.30. The van der Waals surface area contributed by atoms with Crippen LogP contribution in [0.2, 0.25) is 0 Å². The van der Waals surface area contributed by atoms with Crippen LogP contribution in [0.3, 0.4) is 0 Å². The Morgan fingerprint density at radius 3 is 2.79 bits per heavy atom. The van der Waals surface area contributed by atoms with Gasteiger partial charge in [-0.15, -0.1) is 5.10 Å². The third-order valence-electron chi connectivity index (χ3n) is 4.73. The van der Waals surface area contributed by atoms with Crippen molar-refractivity contribution in [2.45, 2.75) is 6.54 Å². The maximum Gasteiger partial charge on any atom is 0.352 e. The molecule has 28 heavy (non-hydrogen) atoms. The van der Waals surface area contributed by atoms with E-state index in [1.54, 1.807) is 6.07 Å². The Balaban J connectivity index is 1.51. The maximum absolute atomic E-state index is 13.7. The van der Waals surface area contributed by atoms with Gasteiger partial charge in [-0.25, -0.2) is 18.4 Å². The molecule has 2 aliphatic rings. The number of nitrogens with zero attached hydrogens (tertiary/aromatic N) is 5. The van der Waals surface area contributed by atoms with Crippen molar-refractivity contribution < 1.29 is 9.18 Å². The predicted molar refractivity (Wildman–Crippen MR) is 102 cm³/mol. The lowest BCUT2D eigenvalue weighted by atomic mass is 10.1. The number of carbonyl (C=O) groups excluding carboxylic acids is 1. The van der Waals surface area contributed by atoms with E-state index >= 15 is 0 Å². The molecule has 0 radical (unpaired) electrons. The van der Waals surface area contributed by atoms with Gasteiger partial charge in [0.25, 0.3) is 0 Å². The first-order valence-corrected chi connectivity index (χ1v) is 8.79. The van der Waals surface area contributed by atoms with Crippen molar-refractivity contribution in [3.8, 4) is 5.69 Å². The van der Waals surface area contributed by atoms with Crippen LogP contribution in [0.5, 0.6) is 0 Å². The number of benzene rings is 2. The zero-order valence-corrected chi connectivity index (χ0v) is 14.7. The third kappa shape index (κ3) is 2.43. The van der Waals surface area contributed by atoms with E-state index in [0.717, 1.165) is 16.1 Å². The van der Waals surface area contributed by atoms with E-state index in [0.29, 0.717) is 24.7 Å². The Hall–Kier alpha value is -3.75. The van der Waals surface area contributed by atoms with Crippen molar-refractivity contribution in [1.82, 2.24) is 14.3 Å². The summed E-state index contributed by atoms with van der Waals surface area (Å²) in [5.41, 5.74) is 1.16. The normalized spacial score (nSPS) is 14.2. The molecule has 0 atom stereocenters. The van der Waals surface area contributed by atoms with Gasteiger partial charge in [-0.2, -0.15) is 0 Å². The van der Waals surface area contributed by atoms with Gasteiger partial charge in [-0.1, -0.05) is 24.3 Å². The number of fused-ring (bicyclic) bond motifs is 6. The predicted octanol–water partition coefficient (Wildman–Crippen LogP) is 1.39. The van der Waals surface area contributed by atoms with E-state index < -0.39 is 17.4 Å². The van der Waals surface area contributed by atoms with E-state index in [9.17, 15) is 14.0 Å². The summed E-state index contributed by atoms with van der Waals surface area (Å²) >= 11 is 0. The molecule has 0 unspecified atom stereocenters. The number of anilines is 2. The fraction of sp³-hybridized carbons (Fsp3) is 0.158. The lowest BCUT2D eigenvalue weighted by Crippen LogP contribution is -2.37. The van der Waals surface area contributed by atoms with Gasteiger partial charge >= 0.3 is 5.69 Å². The number of carbonyl (C=O) groups is 1. The van der Waals surface area contributed by atoms with Crippen LogP contribution in [0.25, 0.3) is 5.69 Å². The zero-order valence-electron chi connectivity index (χ0n) is 14.7. The minimum absolute atomic E-state index is 0.0591. The largest absolute Gasteiger partial charge is 0.352 e. The van der Waals surface area contributed by atoms with Crippen LogP contribution in [0, 0.1) is 5.82 Å². The minimum Gasteiger partial charge on any atom is -0.322 e. The summed E-state index contributed by atoms with van der Waals surface area (Å²) in [6.45, 7) is 0.898. The number of nitrogens with one attached hydrogen (secondary N) is 1. The van der Waals surface area contributed by atoms with E-state index in [1.807, 2.05) is 29.2 Å². The van der Waals surface area contributed by atoms with Crippen molar-refractivity contribution >= 4 is 23.4 Å². The Kier molecular flexibility index (Phi) is 3.61. The van der Waals surface area contributed by atoms with Crippen LogP contribution in [0.1, 0.15) is 5.56 Å². The SMILES string of the molecule is O=C(Cn1nc2n(c1=O)-c1ccccc1C1=NCCN12)Nc1ccccc1F.